The Labute approximate surface area is 156 Å². The van der Waals surface area contributed by atoms with E-state index in [-0.39, 0.29) is 16.1 Å². The van der Waals surface area contributed by atoms with Gasteiger partial charge in [-0.25, -0.2) is 13.2 Å². The Morgan fingerprint density at radius 2 is 1.81 bits per heavy atom. The van der Waals surface area contributed by atoms with E-state index < -0.39 is 27.0 Å². The van der Waals surface area contributed by atoms with E-state index in [4.69, 9.17) is 4.74 Å². The van der Waals surface area contributed by atoms with Gasteiger partial charge in [0.05, 0.1) is 22.5 Å². The van der Waals surface area contributed by atoms with E-state index in [1.54, 1.807) is 13.0 Å². The van der Waals surface area contributed by atoms with Gasteiger partial charge in [0, 0.05) is 19.2 Å². The predicted molar refractivity (Wildman–Crippen MR) is 95.3 cm³/mol. The average Bonchev–Trinajstić information content (AvgIpc) is 2.67. The molecule has 0 saturated carbocycles. The van der Waals surface area contributed by atoms with Gasteiger partial charge in [-0.2, -0.15) is 0 Å². The molecule has 27 heavy (non-hydrogen) atoms. The molecule has 0 heterocycles. The summed E-state index contributed by atoms with van der Waals surface area (Å²) in [5, 5.41) is 10.8. The number of nitrogens with zero attached hydrogens (tertiary/aromatic N) is 2. The number of ether oxygens (including phenoxy) is 1. The molecule has 0 radical (unpaired) electrons. The van der Waals surface area contributed by atoms with Crippen molar-refractivity contribution in [3.05, 3.63) is 69.8 Å². The summed E-state index contributed by atoms with van der Waals surface area (Å²) in [6, 6.07) is 10.9. The third kappa shape index (κ3) is 4.67. The first kappa shape index (κ1) is 20.5. The molecule has 0 aromatic heterocycles. The maximum absolute atomic E-state index is 12.3. The van der Waals surface area contributed by atoms with Gasteiger partial charge in [-0.05, 0) is 36.8 Å². The summed E-state index contributed by atoms with van der Waals surface area (Å²) in [6.45, 7) is 1.59. The highest BCUT2D eigenvalue weighted by Gasteiger charge is 2.22. The standard InChI is InChI=1S/C17H18N2O7S/c1-12(14-5-4-6-15(11-14)19(21)22)26-17(20)13-7-9-16(10-8-13)27(23,24)18(2)25-3/h4-12H,1-3H3/t12-/m1/s1. The van der Waals surface area contributed by atoms with Crippen molar-refractivity contribution in [2.75, 3.05) is 14.2 Å². The fourth-order valence-electron chi connectivity index (χ4n) is 2.20. The lowest BCUT2D eigenvalue weighted by atomic mass is 10.1. The zero-order valence-corrected chi connectivity index (χ0v) is 15.7. The summed E-state index contributed by atoms with van der Waals surface area (Å²) < 4.78 is 30.3. The van der Waals surface area contributed by atoms with E-state index >= 15 is 0 Å². The quantitative estimate of drug-likeness (QED) is 0.403. The molecule has 9 nitrogen and oxygen atoms in total. The molecule has 0 amide bonds. The largest absolute Gasteiger partial charge is 0.454 e. The number of sulfonamides is 1. The van der Waals surface area contributed by atoms with Crippen molar-refractivity contribution >= 4 is 21.7 Å². The first-order valence-electron chi connectivity index (χ1n) is 7.75. The number of benzene rings is 2. The number of carbonyl (C=O) groups is 1. The molecule has 0 aliphatic heterocycles. The zero-order valence-electron chi connectivity index (χ0n) is 14.9. The number of non-ortho nitro benzene ring substituents is 1. The predicted octanol–water partition coefficient (Wildman–Crippen LogP) is 2.69. The van der Waals surface area contributed by atoms with Gasteiger partial charge in [0.2, 0.25) is 0 Å². The second-order valence-electron chi connectivity index (χ2n) is 5.52. The topological polar surface area (TPSA) is 116 Å². The Kier molecular flexibility index (Phi) is 6.26. The van der Waals surface area contributed by atoms with Gasteiger partial charge in [-0.3, -0.25) is 15.0 Å². The number of nitro groups is 1. The van der Waals surface area contributed by atoms with Crippen LogP contribution in [-0.2, 0) is 19.6 Å². The Balaban J connectivity index is 2.14. The number of hydroxylamine groups is 1. The van der Waals surface area contributed by atoms with E-state index in [2.05, 4.69) is 4.84 Å². The van der Waals surface area contributed by atoms with Crippen LogP contribution in [0.4, 0.5) is 5.69 Å². The second kappa shape index (κ2) is 8.25. The molecule has 0 aliphatic carbocycles. The van der Waals surface area contributed by atoms with E-state index in [1.165, 1.54) is 56.6 Å². The maximum Gasteiger partial charge on any atom is 0.338 e. The summed E-state index contributed by atoms with van der Waals surface area (Å²) in [5.41, 5.74) is 0.511. The van der Waals surface area contributed by atoms with Crippen molar-refractivity contribution < 1.29 is 27.7 Å². The number of esters is 1. The summed E-state index contributed by atoms with van der Waals surface area (Å²) in [4.78, 5) is 27.2. The molecule has 0 fully saturated rings. The third-order valence-corrected chi connectivity index (χ3v) is 5.51. The normalized spacial score (nSPS) is 12.6. The van der Waals surface area contributed by atoms with Gasteiger partial charge in [0.25, 0.3) is 15.7 Å². The number of nitro benzene ring substituents is 1. The molecule has 2 rings (SSSR count). The molecule has 2 aromatic carbocycles. The fraction of sp³-hybridized carbons (Fsp3) is 0.235. The molecule has 2 aromatic rings. The lowest BCUT2D eigenvalue weighted by Gasteiger charge is -2.15. The van der Waals surface area contributed by atoms with Crippen LogP contribution in [-0.4, -0.2) is 37.9 Å². The lowest BCUT2D eigenvalue weighted by molar-refractivity contribution is -0.385. The highest BCUT2D eigenvalue weighted by Crippen LogP contribution is 2.23. The molecule has 0 aliphatic rings. The minimum absolute atomic E-state index is 0.0462. The van der Waals surface area contributed by atoms with Crippen LogP contribution < -0.4 is 0 Å². The zero-order chi connectivity index (χ0) is 20.2. The van der Waals surface area contributed by atoms with Crippen molar-refractivity contribution in [1.82, 2.24) is 4.47 Å². The van der Waals surface area contributed by atoms with Gasteiger partial charge in [0.1, 0.15) is 6.10 Å². The van der Waals surface area contributed by atoms with Crippen LogP contribution in [0.25, 0.3) is 0 Å². The summed E-state index contributed by atoms with van der Waals surface area (Å²) >= 11 is 0. The maximum atomic E-state index is 12.3. The Hall–Kier alpha value is -2.82. The number of rotatable bonds is 7. The van der Waals surface area contributed by atoms with E-state index in [1.807, 2.05) is 0 Å². The Bertz CT molecular complexity index is 942. The summed E-state index contributed by atoms with van der Waals surface area (Å²) in [6.07, 6.45) is -0.722. The monoisotopic (exact) mass is 394 g/mol. The fourth-order valence-corrected chi connectivity index (χ4v) is 3.17. The molecule has 0 N–H and O–H groups in total. The summed E-state index contributed by atoms with van der Waals surface area (Å²) in [5.74, 6) is -0.682. The van der Waals surface area contributed by atoms with Crippen LogP contribution in [0.15, 0.2) is 53.4 Å². The van der Waals surface area contributed by atoms with Crippen LogP contribution in [0.5, 0.6) is 0 Å². The van der Waals surface area contributed by atoms with E-state index in [0.717, 1.165) is 0 Å². The van der Waals surface area contributed by atoms with Gasteiger partial charge in [-0.1, -0.05) is 16.6 Å². The molecule has 0 spiro atoms. The average molecular weight is 394 g/mol. The van der Waals surface area contributed by atoms with E-state index in [9.17, 15) is 23.3 Å². The SMILES string of the molecule is CON(C)S(=O)(=O)c1ccc(C(=O)O[C@H](C)c2cccc([N+](=O)[O-])c2)cc1. The summed E-state index contributed by atoms with van der Waals surface area (Å²) in [7, 11) is -1.35. The molecule has 0 bridgehead atoms. The van der Waals surface area contributed by atoms with Gasteiger partial charge >= 0.3 is 5.97 Å². The smallest absolute Gasteiger partial charge is 0.338 e. The first-order chi connectivity index (χ1) is 12.7. The Morgan fingerprint density at radius 3 is 2.37 bits per heavy atom. The second-order valence-corrected chi connectivity index (χ2v) is 7.46. The molecule has 1 atom stereocenters. The van der Waals surface area contributed by atoms with Crippen molar-refractivity contribution in [2.45, 2.75) is 17.9 Å². The third-order valence-electron chi connectivity index (χ3n) is 3.82. The van der Waals surface area contributed by atoms with Crippen molar-refractivity contribution in [3.63, 3.8) is 0 Å². The number of carbonyl (C=O) groups excluding carboxylic acids is 1. The lowest BCUT2D eigenvalue weighted by Crippen LogP contribution is -2.25. The van der Waals surface area contributed by atoms with Crippen LogP contribution in [0, 0.1) is 10.1 Å². The minimum atomic E-state index is -3.82. The molecule has 144 valence electrons. The van der Waals surface area contributed by atoms with Crippen molar-refractivity contribution in [1.29, 1.82) is 0 Å². The van der Waals surface area contributed by atoms with Gasteiger partial charge in [0.15, 0.2) is 0 Å². The number of hydrogen-bond donors (Lipinski definition) is 0. The number of hydrogen-bond acceptors (Lipinski definition) is 7. The Morgan fingerprint density at radius 1 is 1.19 bits per heavy atom. The van der Waals surface area contributed by atoms with Gasteiger partial charge < -0.3 is 4.74 Å². The molecule has 0 saturated heterocycles. The van der Waals surface area contributed by atoms with E-state index in [0.29, 0.717) is 10.0 Å². The van der Waals surface area contributed by atoms with Crippen LogP contribution >= 0.6 is 0 Å². The van der Waals surface area contributed by atoms with Gasteiger partial charge in [-0.15, -0.1) is 0 Å². The van der Waals surface area contributed by atoms with Crippen LogP contribution in [0.3, 0.4) is 0 Å². The van der Waals surface area contributed by atoms with Crippen molar-refractivity contribution in [2.24, 2.45) is 0 Å². The van der Waals surface area contributed by atoms with Crippen molar-refractivity contribution in [3.8, 4) is 0 Å². The first-order valence-corrected chi connectivity index (χ1v) is 9.19. The molecular formula is C17H18N2O7S. The van der Waals surface area contributed by atoms with Crippen LogP contribution in [0.1, 0.15) is 28.9 Å². The highest BCUT2D eigenvalue weighted by molar-refractivity contribution is 7.89. The molecule has 10 heteroatoms. The molecule has 0 unspecified atom stereocenters. The molecular weight excluding hydrogens is 376 g/mol. The minimum Gasteiger partial charge on any atom is -0.454 e. The highest BCUT2D eigenvalue weighted by atomic mass is 32.2. The van der Waals surface area contributed by atoms with Crippen LogP contribution in [0.2, 0.25) is 0 Å².